The molecule has 13 heavy (non-hydrogen) atoms. The lowest BCUT2D eigenvalue weighted by atomic mass is 9.88. The van der Waals surface area contributed by atoms with Crippen LogP contribution in [0.1, 0.15) is 26.7 Å². The molecular weight excluding hydrogens is 172 g/mol. The van der Waals surface area contributed by atoms with E-state index in [2.05, 4.69) is 4.74 Å². The second kappa shape index (κ2) is 5.56. The van der Waals surface area contributed by atoms with Gasteiger partial charge in [-0.15, -0.1) is 0 Å². The third-order valence-corrected chi connectivity index (χ3v) is 2.19. The Morgan fingerprint density at radius 3 is 1.92 bits per heavy atom. The molecule has 4 nitrogen and oxygen atoms in total. The van der Waals surface area contributed by atoms with Gasteiger partial charge in [-0.05, 0) is 12.8 Å². The van der Waals surface area contributed by atoms with E-state index in [-0.39, 0.29) is 0 Å². The van der Waals surface area contributed by atoms with Gasteiger partial charge >= 0.3 is 11.9 Å². The molecule has 0 aliphatic rings. The fraction of sp³-hybridized carbons (Fsp3) is 0.778. The Bertz CT molecular complexity index is 188. The number of methoxy groups -OCH3 is 1. The van der Waals surface area contributed by atoms with Crippen molar-refractivity contribution in [3.63, 3.8) is 0 Å². The van der Waals surface area contributed by atoms with Crippen molar-refractivity contribution in [3.8, 4) is 0 Å². The highest BCUT2D eigenvalue weighted by Crippen LogP contribution is 2.20. The van der Waals surface area contributed by atoms with Gasteiger partial charge in [0, 0.05) is 0 Å². The third-order valence-electron chi connectivity index (χ3n) is 2.19. The van der Waals surface area contributed by atoms with Gasteiger partial charge < -0.3 is 9.84 Å². The first-order valence-electron chi connectivity index (χ1n) is 4.39. The summed E-state index contributed by atoms with van der Waals surface area (Å²) in [7, 11) is 1.28. The number of carbonyl (C=O) groups excluding carboxylic acids is 1. The maximum absolute atomic E-state index is 11.2. The maximum Gasteiger partial charge on any atom is 0.309 e. The van der Waals surface area contributed by atoms with E-state index in [9.17, 15) is 9.59 Å². The molecule has 0 aromatic carbocycles. The fourth-order valence-electron chi connectivity index (χ4n) is 1.40. The summed E-state index contributed by atoms with van der Waals surface area (Å²) in [6.07, 6.45) is 0.945. The summed E-state index contributed by atoms with van der Waals surface area (Å²) in [4.78, 5) is 21.9. The van der Waals surface area contributed by atoms with Crippen molar-refractivity contribution in [3.05, 3.63) is 0 Å². The molecule has 0 saturated heterocycles. The van der Waals surface area contributed by atoms with E-state index >= 15 is 0 Å². The van der Waals surface area contributed by atoms with Gasteiger partial charge in [-0.1, -0.05) is 13.8 Å². The molecule has 1 N–H and O–H groups in total. The largest absolute Gasteiger partial charge is 0.481 e. The van der Waals surface area contributed by atoms with Crippen molar-refractivity contribution < 1.29 is 19.4 Å². The molecule has 0 radical (unpaired) electrons. The molecule has 0 amide bonds. The number of rotatable bonds is 5. The SMILES string of the molecule is CCC(C(=O)O)C(CC)C(=O)OC. The van der Waals surface area contributed by atoms with Crippen LogP contribution in [-0.2, 0) is 14.3 Å². The number of hydrogen-bond donors (Lipinski definition) is 1. The van der Waals surface area contributed by atoms with Crippen molar-refractivity contribution in [2.45, 2.75) is 26.7 Å². The van der Waals surface area contributed by atoms with Crippen LogP contribution >= 0.6 is 0 Å². The monoisotopic (exact) mass is 188 g/mol. The molecule has 2 unspecified atom stereocenters. The number of carboxylic acid groups (broad SMARTS) is 1. The summed E-state index contributed by atoms with van der Waals surface area (Å²) in [5.74, 6) is -2.51. The van der Waals surface area contributed by atoms with Gasteiger partial charge in [0.1, 0.15) is 0 Å². The zero-order chi connectivity index (χ0) is 10.4. The molecule has 0 heterocycles. The van der Waals surface area contributed by atoms with Gasteiger partial charge in [-0.25, -0.2) is 0 Å². The van der Waals surface area contributed by atoms with Crippen LogP contribution in [0.5, 0.6) is 0 Å². The normalized spacial score (nSPS) is 14.7. The number of hydrogen-bond acceptors (Lipinski definition) is 3. The summed E-state index contributed by atoms with van der Waals surface area (Å²) in [6, 6.07) is 0. The molecule has 2 atom stereocenters. The van der Waals surface area contributed by atoms with Gasteiger partial charge in [0.25, 0.3) is 0 Å². The molecule has 0 bridgehead atoms. The van der Waals surface area contributed by atoms with Gasteiger partial charge in [0.05, 0.1) is 18.9 Å². The second-order valence-corrected chi connectivity index (χ2v) is 2.89. The number of ether oxygens (including phenoxy) is 1. The smallest absolute Gasteiger partial charge is 0.309 e. The second-order valence-electron chi connectivity index (χ2n) is 2.89. The first-order valence-corrected chi connectivity index (χ1v) is 4.39. The summed E-state index contributed by atoms with van der Waals surface area (Å²) in [6.45, 7) is 3.54. The minimum atomic E-state index is -0.931. The number of carbonyl (C=O) groups is 2. The number of aliphatic carboxylic acids is 1. The molecule has 0 aliphatic carbocycles. The van der Waals surface area contributed by atoms with E-state index in [0.717, 1.165) is 0 Å². The van der Waals surface area contributed by atoms with Crippen molar-refractivity contribution in [1.29, 1.82) is 0 Å². The Hall–Kier alpha value is -1.06. The number of carboxylic acids is 1. The van der Waals surface area contributed by atoms with Crippen molar-refractivity contribution in [1.82, 2.24) is 0 Å². The maximum atomic E-state index is 11.2. The highest BCUT2D eigenvalue weighted by Gasteiger charge is 2.31. The van der Waals surface area contributed by atoms with Crippen LogP contribution in [0, 0.1) is 11.8 Å². The van der Waals surface area contributed by atoms with Crippen LogP contribution in [0.15, 0.2) is 0 Å². The van der Waals surface area contributed by atoms with Crippen LogP contribution in [0.2, 0.25) is 0 Å². The highest BCUT2D eigenvalue weighted by molar-refractivity contribution is 5.80. The molecule has 0 aromatic heterocycles. The van der Waals surface area contributed by atoms with Crippen molar-refractivity contribution in [2.24, 2.45) is 11.8 Å². The van der Waals surface area contributed by atoms with E-state index in [1.807, 2.05) is 0 Å². The van der Waals surface area contributed by atoms with E-state index < -0.39 is 23.8 Å². The zero-order valence-corrected chi connectivity index (χ0v) is 8.24. The first kappa shape index (κ1) is 11.9. The summed E-state index contributed by atoms with van der Waals surface area (Å²) in [5.41, 5.74) is 0. The first-order chi connectivity index (χ1) is 6.08. The predicted molar refractivity (Wildman–Crippen MR) is 47.2 cm³/mol. The Labute approximate surface area is 77.9 Å². The van der Waals surface area contributed by atoms with E-state index in [0.29, 0.717) is 12.8 Å². The standard InChI is InChI=1S/C9H16O4/c1-4-6(8(10)11)7(5-2)9(12)13-3/h6-7H,4-5H2,1-3H3,(H,10,11). The van der Waals surface area contributed by atoms with Crippen LogP contribution < -0.4 is 0 Å². The highest BCUT2D eigenvalue weighted by atomic mass is 16.5. The quantitative estimate of drug-likeness (QED) is 0.660. The molecule has 76 valence electrons. The van der Waals surface area contributed by atoms with Crippen molar-refractivity contribution >= 4 is 11.9 Å². The molecule has 0 aliphatic heterocycles. The molecule has 0 rings (SSSR count). The average molecular weight is 188 g/mol. The fourth-order valence-corrected chi connectivity index (χ4v) is 1.40. The van der Waals surface area contributed by atoms with Gasteiger partial charge in [0.15, 0.2) is 0 Å². The minimum Gasteiger partial charge on any atom is -0.481 e. The van der Waals surface area contributed by atoms with Crippen LogP contribution in [0.25, 0.3) is 0 Å². The van der Waals surface area contributed by atoms with Crippen LogP contribution in [-0.4, -0.2) is 24.2 Å². The Kier molecular flexibility index (Phi) is 5.11. The summed E-state index contributed by atoms with van der Waals surface area (Å²) in [5, 5.41) is 8.81. The lowest BCUT2D eigenvalue weighted by Crippen LogP contribution is -2.29. The molecule has 0 fully saturated rings. The number of esters is 1. The lowest BCUT2D eigenvalue weighted by molar-refractivity contribution is -0.156. The van der Waals surface area contributed by atoms with E-state index in [4.69, 9.17) is 5.11 Å². The minimum absolute atomic E-state index is 0.434. The zero-order valence-electron chi connectivity index (χ0n) is 8.24. The summed E-state index contributed by atoms with van der Waals surface area (Å²) >= 11 is 0. The van der Waals surface area contributed by atoms with E-state index in [1.165, 1.54) is 7.11 Å². The lowest BCUT2D eigenvalue weighted by Gasteiger charge is -2.18. The summed E-state index contributed by atoms with van der Waals surface area (Å²) < 4.78 is 4.53. The van der Waals surface area contributed by atoms with Gasteiger partial charge in [-0.2, -0.15) is 0 Å². The average Bonchev–Trinajstić information content (AvgIpc) is 2.12. The molecule has 0 saturated carbocycles. The van der Waals surface area contributed by atoms with Gasteiger partial charge in [-0.3, -0.25) is 9.59 Å². The predicted octanol–water partition coefficient (Wildman–Crippen LogP) is 1.30. The van der Waals surface area contributed by atoms with Crippen molar-refractivity contribution in [2.75, 3.05) is 7.11 Å². The Morgan fingerprint density at radius 2 is 1.69 bits per heavy atom. The molecule has 0 aromatic rings. The Balaban J connectivity index is 4.52. The van der Waals surface area contributed by atoms with Crippen LogP contribution in [0.3, 0.4) is 0 Å². The molecule has 4 heteroatoms. The third kappa shape index (κ3) is 3.05. The van der Waals surface area contributed by atoms with E-state index in [1.54, 1.807) is 13.8 Å². The Morgan fingerprint density at radius 1 is 1.23 bits per heavy atom. The molecule has 0 spiro atoms. The molecular formula is C9H16O4. The topological polar surface area (TPSA) is 63.6 Å². The van der Waals surface area contributed by atoms with Gasteiger partial charge in [0.2, 0.25) is 0 Å². The van der Waals surface area contributed by atoms with Crippen LogP contribution in [0.4, 0.5) is 0 Å².